The molecule has 0 aromatic heterocycles. The Balaban J connectivity index is 5.40. The maximum absolute atomic E-state index is 12.8. The molecule has 0 spiro atoms. The first-order chi connectivity index (χ1) is 6.52. The van der Waals surface area contributed by atoms with E-state index in [0.29, 0.717) is 0 Å². The highest BCUT2D eigenvalue weighted by atomic mass is 19.4. The second-order valence-corrected chi connectivity index (χ2v) is 4.32. The van der Waals surface area contributed by atoms with Crippen molar-refractivity contribution >= 4 is 0 Å². The number of methoxy groups -OCH3 is 2. The predicted molar refractivity (Wildman–Crippen MR) is 48.3 cm³/mol. The predicted octanol–water partition coefficient (Wildman–Crippen LogP) is 1.94. The van der Waals surface area contributed by atoms with Crippen molar-refractivity contribution in [3.63, 3.8) is 0 Å². The fourth-order valence-corrected chi connectivity index (χ4v) is 1.35. The molecule has 0 aromatic rings. The summed E-state index contributed by atoms with van der Waals surface area (Å²) in [6.07, 6.45) is -6.58. The molecule has 0 fully saturated rings. The molecule has 6 heteroatoms. The van der Waals surface area contributed by atoms with E-state index < -0.39 is 23.5 Å². The SMILES string of the molecule is COC(OC)C(O)(C(C)(C)C)C(F)(F)F. The Morgan fingerprint density at radius 1 is 1.00 bits per heavy atom. The van der Waals surface area contributed by atoms with E-state index in [1.807, 2.05) is 0 Å². The van der Waals surface area contributed by atoms with E-state index >= 15 is 0 Å². The summed E-state index contributed by atoms with van der Waals surface area (Å²) in [5.74, 6) is 0. The average Bonchev–Trinajstić information content (AvgIpc) is 2.02. The minimum absolute atomic E-state index is 1.05. The highest BCUT2D eigenvalue weighted by Gasteiger charge is 2.66. The molecule has 0 aromatic carbocycles. The number of halogens is 3. The van der Waals surface area contributed by atoms with Crippen LogP contribution in [0.4, 0.5) is 13.2 Å². The first kappa shape index (κ1) is 14.7. The van der Waals surface area contributed by atoms with Crippen LogP contribution in [-0.4, -0.2) is 37.4 Å². The summed E-state index contributed by atoms with van der Waals surface area (Å²) in [6, 6.07) is 0. The lowest BCUT2D eigenvalue weighted by Crippen LogP contribution is -2.63. The summed E-state index contributed by atoms with van der Waals surface area (Å²) in [5.41, 5.74) is -4.51. The largest absolute Gasteiger partial charge is 0.422 e. The number of alkyl halides is 3. The molecular formula is C9H17F3O3. The highest BCUT2D eigenvalue weighted by Crippen LogP contribution is 2.46. The molecule has 3 nitrogen and oxygen atoms in total. The van der Waals surface area contributed by atoms with Crippen LogP contribution in [0.2, 0.25) is 0 Å². The molecule has 0 aliphatic rings. The third-order valence-corrected chi connectivity index (χ3v) is 2.34. The van der Waals surface area contributed by atoms with Crippen LogP contribution in [0, 0.1) is 5.41 Å². The van der Waals surface area contributed by atoms with E-state index in [0.717, 1.165) is 14.2 Å². The fourth-order valence-electron chi connectivity index (χ4n) is 1.35. The van der Waals surface area contributed by atoms with Crippen LogP contribution < -0.4 is 0 Å². The Morgan fingerprint density at radius 3 is 1.40 bits per heavy atom. The van der Waals surface area contributed by atoms with Crippen molar-refractivity contribution in [3.8, 4) is 0 Å². The van der Waals surface area contributed by atoms with Crippen molar-refractivity contribution < 1.29 is 27.8 Å². The zero-order chi connectivity index (χ0) is 12.5. The van der Waals surface area contributed by atoms with Gasteiger partial charge in [-0.05, 0) is 0 Å². The van der Waals surface area contributed by atoms with Gasteiger partial charge >= 0.3 is 6.18 Å². The van der Waals surface area contributed by atoms with Gasteiger partial charge in [0.1, 0.15) is 0 Å². The van der Waals surface area contributed by atoms with Crippen molar-refractivity contribution in [3.05, 3.63) is 0 Å². The molecule has 0 saturated heterocycles. The van der Waals surface area contributed by atoms with Crippen LogP contribution in [-0.2, 0) is 9.47 Å². The third-order valence-electron chi connectivity index (χ3n) is 2.34. The topological polar surface area (TPSA) is 38.7 Å². The molecule has 0 heterocycles. The Morgan fingerprint density at radius 2 is 1.33 bits per heavy atom. The van der Waals surface area contributed by atoms with Crippen LogP contribution in [0.5, 0.6) is 0 Å². The zero-order valence-electron chi connectivity index (χ0n) is 9.47. The first-order valence-corrected chi connectivity index (χ1v) is 4.37. The molecule has 92 valence electrons. The number of hydrogen-bond acceptors (Lipinski definition) is 3. The number of aliphatic hydroxyl groups is 1. The van der Waals surface area contributed by atoms with Crippen molar-refractivity contribution in [2.45, 2.75) is 38.8 Å². The second kappa shape index (κ2) is 4.27. The van der Waals surface area contributed by atoms with Gasteiger partial charge in [0.15, 0.2) is 6.29 Å². The standard InChI is InChI=1S/C9H17F3O3/c1-7(2,3)8(13,9(10,11)12)6(14-4)15-5/h6,13H,1-5H3. The third kappa shape index (κ3) is 2.43. The van der Waals surface area contributed by atoms with E-state index in [1.54, 1.807) is 0 Å². The molecule has 1 unspecified atom stereocenters. The van der Waals surface area contributed by atoms with Crippen molar-refractivity contribution in [2.24, 2.45) is 5.41 Å². The molecule has 0 rings (SSSR count). The highest BCUT2D eigenvalue weighted by molar-refractivity contribution is 4.99. The first-order valence-electron chi connectivity index (χ1n) is 4.37. The Hall–Kier alpha value is -0.330. The summed E-state index contributed by atoms with van der Waals surface area (Å²) in [5, 5.41) is 9.77. The Labute approximate surface area is 87.2 Å². The number of rotatable bonds is 3. The molecule has 0 amide bonds. The molecule has 0 bridgehead atoms. The molecule has 1 atom stereocenters. The summed E-state index contributed by atoms with van der Waals surface area (Å²) in [4.78, 5) is 0. The maximum atomic E-state index is 12.8. The molecule has 0 aliphatic heterocycles. The van der Waals surface area contributed by atoms with Crippen LogP contribution in [0.1, 0.15) is 20.8 Å². The van der Waals surface area contributed by atoms with Gasteiger partial charge in [0.05, 0.1) is 0 Å². The quantitative estimate of drug-likeness (QED) is 0.753. The van der Waals surface area contributed by atoms with Gasteiger partial charge in [0.25, 0.3) is 0 Å². The van der Waals surface area contributed by atoms with E-state index in [2.05, 4.69) is 9.47 Å². The van der Waals surface area contributed by atoms with Crippen LogP contribution in [0.25, 0.3) is 0 Å². The Bertz CT molecular complexity index is 190. The molecule has 0 radical (unpaired) electrons. The summed E-state index contributed by atoms with van der Waals surface area (Å²) in [7, 11) is 2.10. The van der Waals surface area contributed by atoms with Gasteiger partial charge in [-0.15, -0.1) is 0 Å². The average molecular weight is 230 g/mol. The number of ether oxygens (including phenoxy) is 2. The maximum Gasteiger partial charge on any atom is 0.422 e. The summed E-state index contributed by atoms with van der Waals surface area (Å²) >= 11 is 0. The van der Waals surface area contributed by atoms with Crippen LogP contribution in [0.3, 0.4) is 0 Å². The zero-order valence-corrected chi connectivity index (χ0v) is 9.47. The Kier molecular flexibility index (Phi) is 4.18. The molecule has 1 N–H and O–H groups in total. The number of hydrogen-bond donors (Lipinski definition) is 1. The van der Waals surface area contributed by atoms with Gasteiger partial charge in [-0.3, -0.25) is 0 Å². The lowest BCUT2D eigenvalue weighted by atomic mass is 9.75. The minimum Gasteiger partial charge on any atom is -0.376 e. The van der Waals surface area contributed by atoms with Gasteiger partial charge in [-0.2, -0.15) is 13.2 Å². The van der Waals surface area contributed by atoms with Crippen LogP contribution >= 0.6 is 0 Å². The monoisotopic (exact) mass is 230 g/mol. The lowest BCUT2D eigenvalue weighted by molar-refractivity contribution is -0.366. The van der Waals surface area contributed by atoms with Crippen molar-refractivity contribution in [2.75, 3.05) is 14.2 Å². The normalized spacial score (nSPS) is 18.0. The second-order valence-electron chi connectivity index (χ2n) is 4.32. The van der Waals surface area contributed by atoms with Crippen molar-refractivity contribution in [1.29, 1.82) is 0 Å². The fraction of sp³-hybridized carbons (Fsp3) is 1.00. The van der Waals surface area contributed by atoms with E-state index in [-0.39, 0.29) is 0 Å². The summed E-state index contributed by atoms with van der Waals surface area (Å²) < 4.78 is 47.5. The van der Waals surface area contributed by atoms with E-state index in [9.17, 15) is 18.3 Å². The smallest absolute Gasteiger partial charge is 0.376 e. The van der Waals surface area contributed by atoms with Crippen LogP contribution in [0.15, 0.2) is 0 Å². The molecule has 15 heavy (non-hydrogen) atoms. The molecule has 0 saturated carbocycles. The lowest BCUT2D eigenvalue weighted by Gasteiger charge is -2.44. The van der Waals surface area contributed by atoms with E-state index in [4.69, 9.17) is 0 Å². The van der Waals surface area contributed by atoms with Gasteiger partial charge in [0.2, 0.25) is 5.60 Å². The van der Waals surface area contributed by atoms with Gasteiger partial charge in [-0.1, -0.05) is 20.8 Å². The summed E-state index contributed by atoms with van der Waals surface area (Å²) in [6.45, 7) is 3.81. The van der Waals surface area contributed by atoms with Gasteiger partial charge in [-0.25, -0.2) is 0 Å². The minimum atomic E-state index is -4.83. The molecular weight excluding hydrogens is 213 g/mol. The van der Waals surface area contributed by atoms with E-state index in [1.165, 1.54) is 20.8 Å². The van der Waals surface area contributed by atoms with Gasteiger partial charge < -0.3 is 14.6 Å². The molecule has 0 aliphatic carbocycles. The van der Waals surface area contributed by atoms with Gasteiger partial charge in [0, 0.05) is 19.6 Å². The van der Waals surface area contributed by atoms with Crippen molar-refractivity contribution in [1.82, 2.24) is 0 Å².